The van der Waals surface area contributed by atoms with Crippen LogP contribution in [0.25, 0.3) is 11.1 Å². The molecule has 1 aromatic carbocycles. The number of hydrogen-bond donors (Lipinski definition) is 1. The molecule has 15 heavy (non-hydrogen) atoms. The molecule has 0 saturated heterocycles. The molecule has 0 fully saturated rings. The lowest BCUT2D eigenvalue weighted by atomic mass is 10.1. The van der Waals surface area contributed by atoms with E-state index in [9.17, 15) is 0 Å². The predicted octanol–water partition coefficient (Wildman–Crippen LogP) is 3.55. The van der Waals surface area contributed by atoms with E-state index in [1.165, 1.54) is 0 Å². The Kier molecular flexibility index (Phi) is 3.02. The molecule has 0 spiro atoms. The van der Waals surface area contributed by atoms with Crippen molar-refractivity contribution < 1.29 is 0 Å². The molecule has 0 atom stereocenters. The Labute approximate surface area is 97.5 Å². The van der Waals surface area contributed by atoms with Crippen molar-refractivity contribution in [3.05, 3.63) is 47.2 Å². The van der Waals surface area contributed by atoms with E-state index >= 15 is 0 Å². The summed E-state index contributed by atoms with van der Waals surface area (Å²) in [6.45, 7) is 0. The van der Waals surface area contributed by atoms with Crippen molar-refractivity contribution in [3.8, 4) is 11.1 Å². The van der Waals surface area contributed by atoms with E-state index in [-0.39, 0.29) is 0 Å². The van der Waals surface area contributed by atoms with Crippen LogP contribution < -0.4 is 5.32 Å². The molecule has 0 aliphatic rings. The van der Waals surface area contributed by atoms with Crippen LogP contribution in [0.2, 0.25) is 0 Å². The molecule has 2 rings (SSSR count). The molecule has 76 valence electrons. The van der Waals surface area contributed by atoms with Gasteiger partial charge < -0.3 is 5.32 Å². The Morgan fingerprint density at radius 3 is 2.73 bits per heavy atom. The summed E-state index contributed by atoms with van der Waals surface area (Å²) in [7, 11) is 1.91. The van der Waals surface area contributed by atoms with Crippen LogP contribution in [-0.2, 0) is 0 Å². The van der Waals surface area contributed by atoms with Gasteiger partial charge in [0.05, 0.1) is 0 Å². The average Bonchev–Trinajstić information content (AvgIpc) is 2.29. The third-order valence-corrected chi connectivity index (χ3v) is 2.62. The smallest absolute Gasteiger partial charge is 0.0410 e. The van der Waals surface area contributed by atoms with Gasteiger partial charge in [0.1, 0.15) is 0 Å². The van der Waals surface area contributed by atoms with Gasteiger partial charge in [-0.1, -0.05) is 12.1 Å². The lowest BCUT2D eigenvalue weighted by molar-refractivity contribution is 1.31. The first-order chi connectivity index (χ1) is 7.29. The summed E-state index contributed by atoms with van der Waals surface area (Å²) in [5.41, 5.74) is 3.38. The number of rotatable bonds is 2. The lowest BCUT2D eigenvalue weighted by Crippen LogP contribution is -1.88. The van der Waals surface area contributed by atoms with Crippen molar-refractivity contribution in [2.45, 2.75) is 0 Å². The zero-order valence-electron chi connectivity index (χ0n) is 8.37. The third kappa shape index (κ3) is 2.36. The number of anilines is 1. The van der Waals surface area contributed by atoms with E-state index in [0.29, 0.717) is 0 Å². The second-order valence-corrected chi connectivity index (χ2v) is 4.14. The Balaban J connectivity index is 2.44. The Bertz CT molecular complexity index is 469. The summed E-state index contributed by atoms with van der Waals surface area (Å²) in [6.07, 6.45) is 3.64. The molecule has 2 nitrogen and oxygen atoms in total. The minimum absolute atomic E-state index is 0.995. The monoisotopic (exact) mass is 262 g/mol. The third-order valence-electron chi connectivity index (χ3n) is 2.19. The van der Waals surface area contributed by atoms with Gasteiger partial charge in [0.2, 0.25) is 0 Å². The van der Waals surface area contributed by atoms with E-state index in [1.54, 1.807) is 6.20 Å². The molecule has 0 amide bonds. The average molecular weight is 263 g/mol. The van der Waals surface area contributed by atoms with Crippen LogP contribution in [0.4, 0.5) is 5.69 Å². The number of nitrogens with zero attached hydrogens (tertiary/aromatic N) is 1. The number of halogens is 1. The van der Waals surface area contributed by atoms with Gasteiger partial charge in [0.15, 0.2) is 0 Å². The van der Waals surface area contributed by atoms with Crippen molar-refractivity contribution in [2.75, 3.05) is 12.4 Å². The van der Waals surface area contributed by atoms with Crippen molar-refractivity contribution in [1.82, 2.24) is 4.98 Å². The summed E-state index contributed by atoms with van der Waals surface area (Å²) in [6, 6.07) is 10.3. The van der Waals surface area contributed by atoms with Gasteiger partial charge in [-0.05, 0) is 39.7 Å². The zero-order valence-corrected chi connectivity index (χ0v) is 9.95. The number of pyridine rings is 1. The normalized spacial score (nSPS) is 10.0. The fourth-order valence-corrected chi connectivity index (χ4v) is 1.79. The van der Waals surface area contributed by atoms with Crippen LogP contribution in [0.3, 0.4) is 0 Å². The van der Waals surface area contributed by atoms with Gasteiger partial charge in [0, 0.05) is 35.2 Å². The SMILES string of the molecule is CNc1cccc(-c2cncc(Br)c2)c1. The fraction of sp³-hybridized carbons (Fsp3) is 0.0833. The van der Waals surface area contributed by atoms with Crippen molar-refractivity contribution >= 4 is 21.6 Å². The first-order valence-corrected chi connectivity index (χ1v) is 5.47. The maximum absolute atomic E-state index is 4.15. The zero-order chi connectivity index (χ0) is 10.7. The van der Waals surface area contributed by atoms with E-state index in [1.807, 2.05) is 25.4 Å². The van der Waals surface area contributed by atoms with E-state index in [0.717, 1.165) is 21.3 Å². The lowest BCUT2D eigenvalue weighted by Gasteiger charge is -2.04. The van der Waals surface area contributed by atoms with Crippen LogP contribution in [0.1, 0.15) is 0 Å². The summed E-state index contributed by atoms with van der Waals surface area (Å²) < 4.78 is 0.995. The van der Waals surface area contributed by atoms with Crippen LogP contribution in [0.15, 0.2) is 47.2 Å². The minimum Gasteiger partial charge on any atom is -0.388 e. The molecule has 0 unspecified atom stereocenters. The largest absolute Gasteiger partial charge is 0.388 e. The maximum Gasteiger partial charge on any atom is 0.0410 e. The van der Waals surface area contributed by atoms with Crippen molar-refractivity contribution in [2.24, 2.45) is 0 Å². The van der Waals surface area contributed by atoms with Gasteiger partial charge in [-0.15, -0.1) is 0 Å². The highest BCUT2D eigenvalue weighted by Crippen LogP contribution is 2.23. The summed E-state index contributed by atoms with van der Waals surface area (Å²) in [4.78, 5) is 4.15. The molecule has 0 radical (unpaired) electrons. The predicted molar refractivity (Wildman–Crippen MR) is 66.9 cm³/mol. The molecule has 0 aliphatic heterocycles. The quantitative estimate of drug-likeness (QED) is 0.896. The number of nitrogens with one attached hydrogen (secondary N) is 1. The van der Waals surface area contributed by atoms with Gasteiger partial charge in [-0.2, -0.15) is 0 Å². The van der Waals surface area contributed by atoms with Crippen LogP contribution in [-0.4, -0.2) is 12.0 Å². The van der Waals surface area contributed by atoms with E-state index in [2.05, 4.69) is 44.4 Å². The van der Waals surface area contributed by atoms with Crippen LogP contribution >= 0.6 is 15.9 Å². The van der Waals surface area contributed by atoms with E-state index in [4.69, 9.17) is 0 Å². The van der Waals surface area contributed by atoms with Crippen LogP contribution in [0.5, 0.6) is 0 Å². The van der Waals surface area contributed by atoms with Crippen molar-refractivity contribution in [3.63, 3.8) is 0 Å². The number of aromatic nitrogens is 1. The Morgan fingerprint density at radius 1 is 1.13 bits per heavy atom. The molecular formula is C12H11BrN2. The van der Waals surface area contributed by atoms with Gasteiger partial charge in [-0.3, -0.25) is 4.98 Å². The first-order valence-electron chi connectivity index (χ1n) is 4.68. The van der Waals surface area contributed by atoms with Gasteiger partial charge >= 0.3 is 0 Å². The summed E-state index contributed by atoms with van der Waals surface area (Å²) in [5.74, 6) is 0. The topological polar surface area (TPSA) is 24.9 Å². The molecule has 1 heterocycles. The molecule has 1 aromatic heterocycles. The fourth-order valence-electron chi connectivity index (χ4n) is 1.42. The van der Waals surface area contributed by atoms with Gasteiger partial charge in [0.25, 0.3) is 0 Å². The Hall–Kier alpha value is -1.35. The highest BCUT2D eigenvalue weighted by Gasteiger charge is 1.99. The van der Waals surface area contributed by atoms with E-state index < -0.39 is 0 Å². The number of hydrogen-bond acceptors (Lipinski definition) is 2. The molecule has 1 N–H and O–H groups in total. The summed E-state index contributed by atoms with van der Waals surface area (Å²) >= 11 is 3.42. The number of benzene rings is 1. The van der Waals surface area contributed by atoms with Crippen molar-refractivity contribution in [1.29, 1.82) is 0 Å². The second-order valence-electron chi connectivity index (χ2n) is 3.22. The second kappa shape index (κ2) is 4.45. The Morgan fingerprint density at radius 2 is 2.00 bits per heavy atom. The molecule has 2 aromatic rings. The molecular weight excluding hydrogens is 252 g/mol. The van der Waals surface area contributed by atoms with Gasteiger partial charge in [-0.25, -0.2) is 0 Å². The first kappa shape index (κ1) is 10.2. The minimum atomic E-state index is 0.995. The molecule has 0 saturated carbocycles. The molecule has 3 heteroatoms. The molecule has 0 bridgehead atoms. The highest BCUT2D eigenvalue weighted by atomic mass is 79.9. The summed E-state index contributed by atoms with van der Waals surface area (Å²) in [5, 5.41) is 3.12. The maximum atomic E-state index is 4.15. The molecule has 0 aliphatic carbocycles. The van der Waals surface area contributed by atoms with Crippen LogP contribution in [0, 0.1) is 0 Å². The standard InChI is InChI=1S/C12H11BrN2/c1-14-12-4-2-3-9(6-12)10-5-11(13)8-15-7-10/h2-8,14H,1H3. The highest BCUT2D eigenvalue weighted by molar-refractivity contribution is 9.10.